The van der Waals surface area contributed by atoms with Crippen molar-refractivity contribution in [3.05, 3.63) is 0 Å². The molecule has 0 saturated carbocycles. The lowest BCUT2D eigenvalue weighted by Gasteiger charge is -2.09. The first kappa shape index (κ1) is 19.9. The lowest BCUT2D eigenvalue weighted by molar-refractivity contribution is 0.103. The predicted octanol–water partition coefficient (Wildman–Crippen LogP) is 5.30. The Morgan fingerprint density at radius 2 is 1.20 bits per heavy atom. The lowest BCUT2D eigenvalue weighted by atomic mass is 10.1. The summed E-state index contributed by atoms with van der Waals surface area (Å²) < 4.78 is 5.60. The number of hydrogen-bond acceptors (Lipinski definition) is 2. The quantitative estimate of drug-likeness (QED) is 0.391. The standard InChI is InChI=1S/C18H39NO/c1-3-4-5-6-7-8-9-10-11-12-13-14-15-20-17-18(2)16-19/h18H,3-17,19H2,1-2H3. The van der Waals surface area contributed by atoms with Crippen LogP contribution in [0.4, 0.5) is 0 Å². The zero-order valence-corrected chi connectivity index (χ0v) is 14.2. The van der Waals surface area contributed by atoms with Crippen LogP contribution in [0.2, 0.25) is 0 Å². The van der Waals surface area contributed by atoms with Crippen LogP contribution in [0, 0.1) is 5.92 Å². The molecule has 0 radical (unpaired) electrons. The number of rotatable bonds is 16. The molecule has 2 nitrogen and oxygen atoms in total. The minimum atomic E-state index is 0.507. The Labute approximate surface area is 127 Å². The Bertz CT molecular complexity index is 173. The summed E-state index contributed by atoms with van der Waals surface area (Å²) in [6, 6.07) is 0. The molecule has 0 aliphatic rings. The van der Waals surface area contributed by atoms with E-state index in [9.17, 15) is 0 Å². The summed E-state index contributed by atoms with van der Waals surface area (Å²) in [6.45, 7) is 6.90. The fraction of sp³-hybridized carbons (Fsp3) is 1.00. The first-order valence-electron chi connectivity index (χ1n) is 9.09. The molecule has 0 aromatic heterocycles. The van der Waals surface area contributed by atoms with E-state index >= 15 is 0 Å². The van der Waals surface area contributed by atoms with E-state index in [-0.39, 0.29) is 0 Å². The monoisotopic (exact) mass is 285 g/mol. The van der Waals surface area contributed by atoms with Gasteiger partial charge >= 0.3 is 0 Å². The van der Waals surface area contributed by atoms with E-state index < -0.39 is 0 Å². The van der Waals surface area contributed by atoms with Crippen molar-refractivity contribution in [3.63, 3.8) is 0 Å². The molecule has 1 unspecified atom stereocenters. The van der Waals surface area contributed by atoms with Crippen molar-refractivity contribution in [2.75, 3.05) is 19.8 Å². The third-order valence-corrected chi connectivity index (χ3v) is 3.95. The van der Waals surface area contributed by atoms with Crippen LogP contribution in [0.5, 0.6) is 0 Å². The first-order chi connectivity index (χ1) is 9.81. The van der Waals surface area contributed by atoms with E-state index in [2.05, 4.69) is 13.8 Å². The summed E-state index contributed by atoms with van der Waals surface area (Å²) in [5, 5.41) is 0. The second-order valence-electron chi connectivity index (χ2n) is 6.30. The van der Waals surface area contributed by atoms with Crippen LogP contribution in [0.15, 0.2) is 0 Å². The van der Waals surface area contributed by atoms with Crippen LogP contribution >= 0.6 is 0 Å². The van der Waals surface area contributed by atoms with Crippen LogP contribution in [0.25, 0.3) is 0 Å². The van der Waals surface area contributed by atoms with Crippen molar-refractivity contribution in [2.24, 2.45) is 11.7 Å². The molecule has 0 spiro atoms. The fourth-order valence-electron chi connectivity index (χ4n) is 2.40. The largest absolute Gasteiger partial charge is 0.381 e. The molecular weight excluding hydrogens is 246 g/mol. The smallest absolute Gasteiger partial charge is 0.0503 e. The molecule has 0 saturated heterocycles. The Kier molecular flexibility index (Phi) is 16.9. The Hall–Kier alpha value is -0.0800. The third-order valence-electron chi connectivity index (χ3n) is 3.95. The van der Waals surface area contributed by atoms with Gasteiger partial charge in [0.1, 0.15) is 0 Å². The molecule has 0 rings (SSSR count). The van der Waals surface area contributed by atoms with Gasteiger partial charge in [-0.1, -0.05) is 84.5 Å². The van der Waals surface area contributed by atoms with Gasteiger partial charge in [-0.15, -0.1) is 0 Å². The fourth-order valence-corrected chi connectivity index (χ4v) is 2.40. The van der Waals surface area contributed by atoms with E-state index in [1.807, 2.05) is 0 Å². The summed E-state index contributed by atoms with van der Waals surface area (Å²) in [5.74, 6) is 0.507. The molecule has 0 aliphatic carbocycles. The average molecular weight is 286 g/mol. The van der Waals surface area contributed by atoms with Crippen molar-refractivity contribution >= 4 is 0 Å². The van der Waals surface area contributed by atoms with Crippen LogP contribution < -0.4 is 5.73 Å². The van der Waals surface area contributed by atoms with Crippen molar-refractivity contribution in [3.8, 4) is 0 Å². The van der Waals surface area contributed by atoms with Gasteiger partial charge in [0.05, 0.1) is 6.61 Å². The predicted molar refractivity (Wildman–Crippen MR) is 90.1 cm³/mol. The van der Waals surface area contributed by atoms with Gasteiger partial charge < -0.3 is 10.5 Å². The van der Waals surface area contributed by atoms with E-state index in [0.29, 0.717) is 5.92 Å². The summed E-state index contributed by atoms with van der Waals surface area (Å²) in [7, 11) is 0. The van der Waals surface area contributed by atoms with E-state index in [1.54, 1.807) is 0 Å². The molecule has 0 aliphatic heterocycles. The van der Waals surface area contributed by atoms with Gasteiger partial charge in [0.15, 0.2) is 0 Å². The van der Waals surface area contributed by atoms with Gasteiger partial charge in [0.2, 0.25) is 0 Å². The summed E-state index contributed by atoms with van der Waals surface area (Å²) in [4.78, 5) is 0. The number of nitrogens with two attached hydrogens (primary N) is 1. The molecule has 0 fully saturated rings. The van der Waals surface area contributed by atoms with Crippen LogP contribution in [0.3, 0.4) is 0 Å². The van der Waals surface area contributed by atoms with E-state index in [4.69, 9.17) is 10.5 Å². The van der Waals surface area contributed by atoms with Crippen LogP contribution in [-0.4, -0.2) is 19.8 Å². The SMILES string of the molecule is CCCCCCCCCCCCCCOCC(C)CN. The van der Waals surface area contributed by atoms with Crippen molar-refractivity contribution in [2.45, 2.75) is 90.9 Å². The number of hydrogen-bond donors (Lipinski definition) is 1. The lowest BCUT2D eigenvalue weighted by Crippen LogP contribution is -2.16. The highest BCUT2D eigenvalue weighted by atomic mass is 16.5. The zero-order valence-electron chi connectivity index (χ0n) is 14.2. The highest BCUT2D eigenvalue weighted by molar-refractivity contribution is 4.51. The maximum absolute atomic E-state index is 5.60. The second kappa shape index (κ2) is 17.0. The van der Waals surface area contributed by atoms with Crippen molar-refractivity contribution in [1.29, 1.82) is 0 Å². The molecule has 2 heteroatoms. The molecule has 1 atom stereocenters. The minimum Gasteiger partial charge on any atom is -0.381 e. The molecule has 0 heterocycles. The van der Waals surface area contributed by atoms with Crippen molar-refractivity contribution in [1.82, 2.24) is 0 Å². The molecule has 0 amide bonds. The zero-order chi connectivity index (χ0) is 14.9. The Morgan fingerprint density at radius 3 is 1.65 bits per heavy atom. The van der Waals surface area contributed by atoms with Gasteiger partial charge in [-0.25, -0.2) is 0 Å². The maximum atomic E-state index is 5.60. The molecule has 20 heavy (non-hydrogen) atoms. The summed E-state index contributed by atoms with van der Waals surface area (Å²) in [6.07, 6.45) is 16.8. The van der Waals surface area contributed by atoms with Crippen LogP contribution in [-0.2, 0) is 4.74 Å². The van der Waals surface area contributed by atoms with Gasteiger partial charge in [-0.2, -0.15) is 0 Å². The summed E-state index contributed by atoms with van der Waals surface area (Å²) in [5.41, 5.74) is 5.55. The Morgan fingerprint density at radius 1 is 0.750 bits per heavy atom. The number of ether oxygens (including phenoxy) is 1. The maximum Gasteiger partial charge on any atom is 0.0503 e. The van der Waals surface area contributed by atoms with Gasteiger partial charge in [-0.3, -0.25) is 0 Å². The van der Waals surface area contributed by atoms with Gasteiger partial charge in [-0.05, 0) is 18.9 Å². The first-order valence-corrected chi connectivity index (χ1v) is 9.09. The summed E-state index contributed by atoms with van der Waals surface area (Å²) >= 11 is 0. The van der Waals surface area contributed by atoms with Gasteiger partial charge in [0, 0.05) is 6.61 Å². The Balaban J connectivity index is 2.96. The highest BCUT2D eigenvalue weighted by Gasteiger charge is 1.98. The average Bonchev–Trinajstić information content (AvgIpc) is 2.47. The van der Waals surface area contributed by atoms with Gasteiger partial charge in [0.25, 0.3) is 0 Å². The molecule has 0 aromatic rings. The molecule has 0 bridgehead atoms. The number of unbranched alkanes of at least 4 members (excludes halogenated alkanes) is 11. The molecule has 2 N–H and O–H groups in total. The van der Waals surface area contributed by atoms with Crippen molar-refractivity contribution < 1.29 is 4.74 Å². The minimum absolute atomic E-state index is 0.507. The van der Waals surface area contributed by atoms with E-state index in [1.165, 1.54) is 77.0 Å². The highest BCUT2D eigenvalue weighted by Crippen LogP contribution is 2.11. The normalized spacial score (nSPS) is 12.8. The van der Waals surface area contributed by atoms with E-state index in [0.717, 1.165) is 19.8 Å². The topological polar surface area (TPSA) is 35.2 Å². The van der Waals surface area contributed by atoms with Crippen LogP contribution in [0.1, 0.15) is 90.9 Å². The molecule has 122 valence electrons. The molecular formula is C18H39NO. The molecule has 0 aromatic carbocycles. The second-order valence-corrected chi connectivity index (χ2v) is 6.30. The third kappa shape index (κ3) is 16.0.